The summed E-state index contributed by atoms with van der Waals surface area (Å²) in [6.45, 7) is 4.28. The van der Waals surface area contributed by atoms with Crippen LogP contribution in [0, 0.1) is 11.3 Å². The average molecular weight is 382 g/mol. The van der Waals surface area contributed by atoms with Gasteiger partial charge in [0, 0.05) is 11.1 Å². The zero-order valence-electron chi connectivity index (χ0n) is 14.4. The zero-order valence-corrected chi connectivity index (χ0v) is 15.9. The van der Waals surface area contributed by atoms with Crippen LogP contribution in [0.25, 0.3) is 22.4 Å². The van der Waals surface area contributed by atoms with Crippen molar-refractivity contribution in [3.8, 4) is 28.5 Å². The molecule has 0 aliphatic carbocycles. The van der Waals surface area contributed by atoms with Gasteiger partial charge in [0.1, 0.15) is 17.5 Å². The van der Waals surface area contributed by atoms with Crippen molar-refractivity contribution in [2.75, 3.05) is 5.73 Å². The van der Waals surface area contributed by atoms with Gasteiger partial charge in [0.05, 0.1) is 15.7 Å². The summed E-state index contributed by atoms with van der Waals surface area (Å²) in [6, 6.07) is 17.4. The fourth-order valence-corrected chi connectivity index (χ4v) is 3.06. The molecule has 3 rings (SSSR count). The van der Waals surface area contributed by atoms with Crippen LogP contribution in [-0.4, -0.2) is 4.98 Å². The standard InChI is InChI=1S/C21H17Cl2N3/c1-12(2)13-3-5-14(6-4-13)16-10-20(26-21(25)17(16)11-24)15-7-8-18(22)19(23)9-15/h3-10,12H,1-2H3,(H2,25,26). The summed E-state index contributed by atoms with van der Waals surface area (Å²) in [4.78, 5) is 4.37. The van der Waals surface area contributed by atoms with Gasteiger partial charge >= 0.3 is 0 Å². The third-order valence-electron chi connectivity index (χ3n) is 4.26. The topological polar surface area (TPSA) is 62.7 Å². The quantitative estimate of drug-likeness (QED) is 0.578. The Morgan fingerprint density at radius 3 is 2.19 bits per heavy atom. The molecule has 1 heterocycles. The molecule has 0 unspecified atom stereocenters. The van der Waals surface area contributed by atoms with Crippen molar-refractivity contribution in [1.29, 1.82) is 5.26 Å². The van der Waals surface area contributed by atoms with Gasteiger partial charge in [-0.1, -0.05) is 67.4 Å². The lowest BCUT2D eigenvalue weighted by molar-refractivity contribution is 0.867. The predicted molar refractivity (Wildman–Crippen MR) is 108 cm³/mol. The van der Waals surface area contributed by atoms with Crippen LogP contribution in [0.1, 0.15) is 30.9 Å². The number of benzene rings is 2. The number of nitrogens with zero attached hydrogens (tertiary/aromatic N) is 2. The molecule has 0 aliphatic rings. The van der Waals surface area contributed by atoms with Gasteiger partial charge in [0.25, 0.3) is 0 Å². The molecule has 26 heavy (non-hydrogen) atoms. The van der Waals surface area contributed by atoms with E-state index in [0.717, 1.165) is 16.7 Å². The summed E-state index contributed by atoms with van der Waals surface area (Å²) in [5.74, 6) is 0.632. The smallest absolute Gasteiger partial charge is 0.142 e. The number of nitrogen functional groups attached to an aromatic ring is 1. The number of nitrogens with two attached hydrogens (primary N) is 1. The number of aromatic nitrogens is 1. The highest BCUT2D eigenvalue weighted by Gasteiger charge is 2.14. The van der Waals surface area contributed by atoms with Gasteiger partial charge in [0.15, 0.2) is 0 Å². The maximum Gasteiger partial charge on any atom is 0.142 e. The predicted octanol–water partition coefficient (Wildman–Crippen LogP) is 6.30. The highest BCUT2D eigenvalue weighted by Crippen LogP contribution is 2.34. The van der Waals surface area contributed by atoms with E-state index >= 15 is 0 Å². The largest absolute Gasteiger partial charge is 0.383 e. The number of rotatable bonds is 3. The maximum atomic E-state index is 9.54. The normalized spacial score (nSPS) is 10.8. The number of halogens is 2. The van der Waals surface area contributed by atoms with Gasteiger partial charge < -0.3 is 5.73 Å². The van der Waals surface area contributed by atoms with E-state index < -0.39 is 0 Å². The number of pyridine rings is 1. The van der Waals surface area contributed by atoms with Crippen LogP contribution in [0.4, 0.5) is 5.82 Å². The summed E-state index contributed by atoms with van der Waals surface area (Å²) in [5, 5.41) is 10.5. The molecular weight excluding hydrogens is 365 g/mol. The van der Waals surface area contributed by atoms with Crippen molar-refractivity contribution in [1.82, 2.24) is 4.98 Å². The Morgan fingerprint density at radius 2 is 1.62 bits per heavy atom. The van der Waals surface area contributed by atoms with Crippen molar-refractivity contribution < 1.29 is 0 Å². The Morgan fingerprint density at radius 1 is 0.962 bits per heavy atom. The zero-order chi connectivity index (χ0) is 18.8. The van der Waals surface area contributed by atoms with Gasteiger partial charge in [-0.05, 0) is 35.2 Å². The molecular formula is C21H17Cl2N3. The first kappa shape index (κ1) is 18.3. The van der Waals surface area contributed by atoms with Crippen molar-refractivity contribution in [2.24, 2.45) is 0 Å². The monoisotopic (exact) mass is 381 g/mol. The molecule has 0 fully saturated rings. The van der Waals surface area contributed by atoms with Crippen LogP contribution in [0.2, 0.25) is 10.0 Å². The maximum absolute atomic E-state index is 9.54. The molecule has 0 atom stereocenters. The fraction of sp³-hybridized carbons (Fsp3) is 0.143. The number of hydrogen-bond donors (Lipinski definition) is 1. The van der Waals surface area contributed by atoms with Gasteiger partial charge in [-0.25, -0.2) is 4.98 Å². The summed E-state index contributed by atoms with van der Waals surface area (Å²) >= 11 is 12.1. The van der Waals surface area contributed by atoms with Gasteiger partial charge in [0.2, 0.25) is 0 Å². The van der Waals surface area contributed by atoms with E-state index in [-0.39, 0.29) is 5.82 Å². The lowest BCUT2D eigenvalue weighted by Gasteiger charge is -2.12. The molecule has 0 aliphatic heterocycles. The molecule has 1 aromatic heterocycles. The Balaban J connectivity index is 2.16. The van der Waals surface area contributed by atoms with Gasteiger partial charge in [-0.3, -0.25) is 0 Å². The first-order chi connectivity index (χ1) is 12.4. The molecule has 5 heteroatoms. The Labute approximate surface area is 163 Å². The number of hydrogen-bond acceptors (Lipinski definition) is 3. The number of anilines is 1. The molecule has 0 amide bonds. The highest BCUT2D eigenvalue weighted by molar-refractivity contribution is 6.42. The van der Waals surface area contributed by atoms with E-state index in [2.05, 4.69) is 37.0 Å². The lowest BCUT2D eigenvalue weighted by Crippen LogP contribution is -2.00. The van der Waals surface area contributed by atoms with Crippen molar-refractivity contribution in [3.05, 3.63) is 69.7 Å². The van der Waals surface area contributed by atoms with Crippen molar-refractivity contribution in [3.63, 3.8) is 0 Å². The average Bonchev–Trinajstić information content (AvgIpc) is 2.63. The Hall–Kier alpha value is -2.54. The van der Waals surface area contributed by atoms with Crippen LogP contribution < -0.4 is 5.73 Å². The summed E-state index contributed by atoms with van der Waals surface area (Å²) in [7, 11) is 0. The van der Waals surface area contributed by atoms with E-state index in [9.17, 15) is 5.26 Å². The molecule has 0 saturated carbocycles. The van der Waals surface area contributed by atoms with Crippen LogP contribution in [0.15, 0.2) is 48.5 Å². The molecule has 2 N–H and O–H groups in total. The minimum Gasteiger partial charge on any atom is -0.383 e. The van der Waals surface area contributed by atoms with E-state index in [1.807, 2.05) is 24.3 Å². The second kappa shape index (κ2) is 7.37. The lowest BCUT2D eigenvalue weighted by atomic mass is 9.95. The van der Waals surface area contributed by atoms with Crippen molar-refractivity contribution in [2.45, 2.75) is 19.8 Å². The molecule has 130 valence electrons. The number of nitriles is 1. The molecule has 0 spiro atoms. The van der Waals surface area contributed by atoms with Crippen LogP contribution in [0.5, 0.6) is 0 Å². The van der Waals surface area contributed by atoms with E-state index in [4.69, 9.17) is 28.9 Å². The summed E-state index contributed by atoms with van der Waals surface area (Å²) in [5.41, 5.74) is 10.8. The second-order valence-electron chi connectivity index (χ2n) is 6.33. The Kier molecular flexibility index (Phi) is 5.18. The highest BCUT2D eigenvalue weighted by atomic mass is 35.5. The fourth-order valence-electron chi connectivity index (χ4n) is 2.76. The Bertz CT molecular complexity index is 1000. The molecule has 0 bridgehead atoms. The summed E-state index contributed by atoms with van der Waals surface area (Å²) < 4.78 is 0. The van der Waals surface area contributed by atoms with Gasteiger partial charge in [-0.15, -0.1) is 0 Å². The molecule has 2 aromatic carbocycles. The van der Waals surface area contributed by atoms with Crippen LogP contribution >= 0.6 is 23.2 Å². The minimum absolute atomic E-state index is 0.194. The third-order valence-corrected chi connectivity index (χ3v) is 5.00. The first-order valence-corrected chi connectivity index (χ1v) is 8.92. The molecule has 0 saturated heterocycles. The van der Waals surface area contributed by atoms with Crippen LogP contribution in [-0.2, 0) is 0 Å². The van der Waals surface area contributed by atoms with Crippen molar-refractivity contribution >= 4 is 29.0 Å². The minimum atomic E-state index is 0.194. The SMILES string of the molecule is CC(C)c1ccc(-c2cc(-c3ccc(Cl)c(Cl)c3)nc(N)c2C#N)cc1. The van der Waals surface area contributed by atoms with E-state index in [1.165, 1.54) is 5.56 Å². The van der Waals surface area contributed by atoms with E-state index in [1.54, 1.807) is 12.1 Å². The molecule has 0 radical (unpaired) electrons. The second-order valence-corrected chi connectivity index (χ2v) is 7.15. The van der Waals surface area contributed by atoms with Crippen LogP contribution in [0.3, 0.4) is 0 Å². The molecule has 3 nitrogen and oxygen atoms in total. The summed E-state index contributed by atoms with van der Waals surface area (Å²) in [6.07, 6.45) is 0. The van der Waals surface area contributed by atoms with Gasteiger partial charge in [-0.2, -0.15) is 5.26 Å². The third kappa shape index (κ3) is 3.53. The molecule has 3 aromatic rings. The first-order valence-electron chi connectivity index (χ1n) is 8.17. The van der Waals surface area contributed by atoms with E-state index in [0.29, 0.717) is 27.2 Å².